The molecule has 4 rings (SSSR count). The van der Waals surface area contributed by atoms with Crippen LogP contribution < -0.4 is 11.3 Å². The van der Waals surface area contributed by atoms with Crippen LogP contribution in [-0.4, -0.2) is 40.2 Å². The molecule has 1 aromatic carbocycles. The fourth-order valence-electron chi connectivity index (χ4n) is 3.86. The molecule has 2 atom stereocenters. The smallest absolute Gasteiger partial charge is 0.257 e. The van der Waals surface area contributed by atoms with E-state index in [2.05, 4.69) is 40.8 Å². The summed E-state index contributed by atoms with van der Waals surface area (Å²) >= 11 is 0. The Bertz CT molecular complexity index is 981. The van der Waals surface area contributed by atoms with Crippen molar-refractivity contribution in [3.63, 3.8) is 0 Å². The van der Waals surface area contributed by atoms with E-state index in [1.165, 1.54) is 11.8 Å². The van der Waals surface area contributed by atoms with Crippen LogP contribution in [0.15, 0.2) is 41.3 Å². The van der Waals surface area contributed by atoms with Gasteiger partial charge in [-0.25, -0.2) is 0 Å². The highest BCUT2D eigenvalue weighted by Gasteiger charge is 2.22. The molecule has 1 saturated heterocycles. The van der Waals surface area contributed by atoms with Crippen molar-refractivity contribution in [2.75, 3.05) is 18.8 Å². The number of nitrogens with two attached hydrogens (primary N) is 1. The van der Waals surface area contributed by atoms with Crippen molar-refractivity contribution in [1.29, 1.82) is 0 Å². The van der Waals surface area contributed by atoms with E-state index < -0.39 is 0 Å². The van der Waals surface area contributed by atoms with E-state index in [-0.39, 0.29) is 17.8 Å². The highest BCUT2D eigenvalue weighted by Crippen LogP contribution is 2.27. The minimum atomic E-state index is -0.150. The molecule has 0 unspecified atom stereocenters. The maximum Gasteiger partial charge on any atom is 0.257 e. The van der Waals surface area contributed by atoms with Crippen LogP contribution in [0.25, 0.3) is 22.2 Å². The average molecular weight is 352 g/mol. The summed E-state index contributed by atoms with van der Waals surface area (Å²) in [5.41, 5.74) is 9.83. The van der Waals surface area contributed by atoms with E-state index in [1.54, 1.807) is 6.07 Å². The number of rotatable bonds is 3. The first-order valence-electron chi connectivity index (χ1n) is 8.96. The Labute approximate surface area is 152 Å². The maximum absolute atomic E-state index is 12.2. The van der Waals surface area contributed by atoms with Crippen LogP contribution in [0, 0.1) is 0 Å². The Balaban J connectivity index is 1.70. The van der Waals surface area contributed by atoms with Gasteiger partial charge in [0.1, 0.15) is 0 Å². The Morgan fingerprint density at radius 1 is 1.23 bits per heavy atom. The second-order valence-electron chi connectivity index (χ2n) is 7.19. The number of hydrogen-bond acceptors (Lipinski definition) is 4. The predicted octanol–water partition coefficient (Wildman–Crippen LogP) is 2.71. The fourth-order valence-corrected chi connectivity index (χ4v) is 3.86. The molecular weight excluding hydrogens is 328 g/mol. The molecule has 26 heavy (non-hydrogen) atoms. The fraction of sp³-hybridized carbons (Fsp3) is 0.350. The monoisotopic (exact) mass is 352 g/mol. The number of benzene rings is 1. The zero-order chi connectivity index (χ0) is 18.3. The number of aromatic nitrogens is 2. The molecule has 3 aromatic rings. The lowest BCUT2D eigenvalue weighted by molar-refractivity contribution is -0.0703. The lowest BCUT2D eigenvalue weighted by Gasteiger charge is -2.35. The average Bonchev–Trinajstić information content (AvgIpc) is 3.01. The molecule has 0 spiro atoms. The highest BCUT2D eigenvalue weighted by molar-refractivity contribution is 5.88. The molecule has 0 bridgehead atoms. The summed E-state index contributed by atoms with van der Waals surface area (Å²) < 4.78 is 5.83. The molecule has 0 radical (unpaired) electrons. The zero-order valence-electron chi connectivity index (χ0n) is 15.1. The van der Waals surface area contributed by atoms with Crippen LogP contribution in [0.3, 0.4) is 0 Å². The van der Waals surface area contributed by atoms with Crippen LogP contribution in [0.2, 0.25) is 0 Å². The number of H-pyrrole nitrogens is 2. The van der Waals surface area contributed by atoms with E-state index in [9.17, 15) is 4.79 Å². The number of anilines is 1. The first-order valence-corrected chi connectivity index (χ1v) is 8.96. The number of aromatic amines is 2. The third-order valence-electron chi connectivity index (χ3n) is 4.86. The van der Waals surface area contributed by atoms with Crippen molar-refractivity contribution in [3.8, 4) is 11.3 Å². The number of fused-ring (bicyclic) bond motifs is 1. The van der Waals surface area contributed by atoms with Crippen LogP contribution in [0.1, 0.15) is 19.4 Å². The number of nitrogens with one attached hydrogen (secondary N) is 2. The second-order valence-corrected chi connectivity index (χ2v) is 7.19. The molecule has 4 N–H and O–H groups in total. The number of hydrogen-bond donors (Lipinski definition) is 3. The summed E-state index contributed by atoms with van der Waals surface area (Å²) in [7, 11) is 0. The first kappa shape index (κ1) is 16.9. The van der Waals surface area contributed by atoms with Gasteiger partial charge in [-0.15, -0.1) is 0 Å². The van der Waals surface area contributed by atoms with Gasteiger partial charge >= 0.3 is 0 Å². The van der Waals surface area contributed by atoms with Gasteiger partial charge in [-0.05, 0) is 37.6 Å². The number of nitrogens with zero attached hydrogens (tertiary/aromatic N) is 1. The van der Waals surface area contributed by atoms with Gasteiger partial charge in [0.15, 0.2) is 0 Å². The Morgan fingerprint density at radius 3 is 2.77 bits per heavy atom. The topological polar surface area (TPSA) is 87.1 Å². The van der Waals surface area contributed by atoms with Gasteiger partial charge in [-0.1, -0.05) is 12.1 Å². The van der Waals surface area contributed by atoms with E-state index in [1.807, 2.05) is 12.1 Å². The summed E-state index contributed by atoms with van der Waals surface area (Å²) in [6.07, 6.45) is 2.00. The third kappa shape index (κ3) is 3.25. The predicted molar refractivity (Wildman–Crippen MR) is 104 cm³/mol. The van der Waals surface area contributed by atoms with Gasteiger partial charge in [-0.2, -0.15) is 0 Å². The van der Waals surface area contributed by atoms with Gasteiger partial charge in [-0.3, -0.25) is 9.69 Å². The molecule has 1 fully saturated rings. The number of pyridine rings is 1. The van der Waals surface area contributed by atoms with Crippen LogP contribution in [-0.2, 0) is 11.3 Å². The van der Waals surface area contributed by atoms with Gasteiger partial charge in [0.05, 0.1) is 23.5 Å². The molecule has 136 valence electrons. The molecular formula is C20H24N4O2. The zero-order valence-corrected chi connectivity index (χ0v) is 15.1. The summed E-state index contributed by atoms with van der Waals surface area (Å²) in [5.74, 6) is 0. The van der Waals surface area contributed by atoms with Gasteiger partial charge < -0.3 is 20.4 Å². The molecule has 0 amide bonds. The lowest BCUT2D eigenvalue weighted by atomic mass is 10.1. The Kier molecular flexibility index (Phi) is 4.30. The van der Waals surface area contributed by atoms with Crippen molar-refractivity contribution in [3.05, 3.63) is 52.4 Å². The number of morpholine rings is 1. The van der Waals surface area contributed by atoms with E-state index in [0.717, 1.165) is 36.2 Å². The molecule has 3 heterocycles. The summed E-state index contributed by atoms with van der Waals surface area (Å²) in [6.45, 7) is 6.94. The van der Waals surface area contributed by atoms with Crippen LogP contribution >= 0.6 is 0 Å². The second kappa shape index (κ2) is 6.63. The van der Waals surface area contributed by atoms with Crippen molar-refractivity contribution in [2.45, 2.75) is 32.6 Å². The molecule has 0 aliphatic carbocycles. The van der Waals surface area contributed by atoms with Crippen molar-refractivity contribution in [1.82, 2.24) is 14.9 Å². The number of nitrogen functional groups attached to an aromatic ring is 1. The largest absolute Gasteiger partial charge is 0.398 e. The SMILES string of the molecule is C[C@@H]1CN(Cc2cccc3[nH]c(-c4cc(N)c[nH]c4=O)cc23)C[C@H](C)O1. The minimum absolute atomic E-state index is 0.150. The quantitative estimate of drug-likeness (QED) is 0.676. The third-order valence-corrected chi connectivity index (χ3v) is 4.86. The van der Waals surface area contributed by atoms with Gasteiger partial charge in [0.2, 0.25) is 0 Å². The summed E-state index contributed by atoms with van der Waals surface area (Å²) in [6, 6.07) is 9.98. The first-order chi connectivity index (χ1) is 12.5. The number of ether oxygens (including phenoxy) is 1. The normalized spacial score (nSPS) is 21.3. The summed E-state index contributed by atoms with van der Waals surface area (Å²) in [5, 5.41) is 1.14. The Hall–Kier alpha value is -2.57. The standard InChI is InChI=1S/C20H24N4O2/c1-12-9-24(10-13(2)26-12)11-14-4-3-5-18-16(14)7-19(23-18)17-6-15(21)8-22-20(17)25/h3-8,12-13,23H,9-11,21H2,1-2H3,(H,22,25)/t12-,13+. The minimum Gasteiger partial charge on any atom is -0.398 e. The van der Waals surface area contributed by atoms with Crippen molar-refractivity contribution in [2.24, 2.45) is 0 Å². The molecule has 1 aliphatic heterocycles. The van der Waals surface area contributed by atoms with E-state index >= 15 is 0 Å². The van der Waals surface area contributed by atoms with Gasteiger partial charge in [0, 0.05) is 42.4 Å². The molecule has 6 heteroatoms. The molecule has 1 aliphatic rings. The molecule has 2 aromatic heterocycles. The lowest BCUT2D eigenvalue weighted by Crippen LogP contribution is -2.44. The van der Waals surface area contributed by atoms with E-state index in [0.29, 0.717) is 11.3 Å². The van der Waals surface area contributed by atoms with Gasteiger partial charge in [0.25, 0.3) is 5.56 Å². The van der Waals surface area contributed by atoms with Crippen molar-refractivity contribution < 1.29 is 4.74 Å². The van der Waals surface area contributed by atoms with Crippen LogP contribution in [0.5, 0.6) is 0 Å². The molecule has 0 saturated carbocycles. The summed E-state index contributed by atoms with van der Waals surface area (Å²) in [4.78, 5) is 20.6. The Morgan fingerprint density at radius 2 is 2.00 bits per heavy atom. The molecule has 6 nitrogen and oxygen atoms in total. The van der Waals surface area contributed by atoms with Crippen molar-refractivity contribution >= 4 is 16.6 Å². The van der Waals surface area contributed by atoms with E-state index in [4.69, 9.17) is 10.5 Å². The van der Waals surface area contributed by atoms with Crippen LogP contribution in [0.4, 0.5) is 5.69 Å². The maximum atomic E-state index is 12.2. The highest BCUT2D eigenvalue weighted by atomic mass is 16.5.